The molecule has 0 radical (unpaired) electrons. The molecule has 2 saturated carbocycles. The molecule has 4 fully saturated rings. The molecule has 73 heavy (non-hydrogen) atoms. The molecule has 3 aromatic heterocycles. The first-order valence-corrected chi connectivity index (χ1v) is 29.5. The van der Waals surface area contributed by atoms with Crippen molar-refractivity contribution in [3.8, 4) is 17.0 Å². The van der Waals surface area contributed by atoms with E-state index in [-0.39, 0.29) is 45.9 Å². The van der Waals surface area contributed by atoms with Gasteiger partial charge in [0.05, 0.1) is 24.9 Å². The average molecular weight is 1030 g/mol. The van der Waals surface area contributed by atoms with E-state index < -0.39 is 32.1 Å². The summed E-state index contributed by atoms with van der Waals surface area (Å²) in [5.41, 5.74) is 12.9. The number of methoxy groups -OCH3 is 1. The van der Waals surface area contributed by atoms with Crippen molar-refractivity contribution < 1.29 is 31.2 Å². The van der Waals surface area contributed by atoms with Gasteiger partial charge in [0.25, 0.3) is 20.0 Å². The van der Waals surface area contributed by atoms with Crippen LogP contribution in [0.1, 0.15) is 156 Å². The largest absolute Gasteiger partial charge is 0.481 e. The van der Waals surface area contributed by atoms with E-state index in [0.717, 1.165) is 178 Å². The van der Waals surface area contributed by atoms with Crippen LogP contribution in [0.3, 0.4) is 0 Å². The number of sulfonamides is 2. The number of aryl methyl sites for hydroxylation is 2. The lowest BCUT2D eigenvalue weighted by molar-refractivity contribution is 0.114. The van der Waals surface area contributed by atoms with Crippen LogP contribution in [0.5, 0.6) is 5.88 Å². The number of fused-ring (bicyclic) bond motifs is 7. The number of pyridine rings is 1. The first kappa shape index (κ1) is 45.8. The lowest BCUT2D eigenvalue weighted by Gasteiger charge is -2.40. The molecule has 11 aliphatic rings. The standard InChI is InChI=1S/C53H61N11O7S2/c1-71-45-26-32(16-20-54-45)38-13-8-29-4-2-6-36(29)46(38)55-52(65)59-73(69,70)51-43-28-62-23-19-33(49(43)64(58-51)35-11-12-35)25-44(62)39-14-15-40-41(39)24-31-5-3-7-37(31)47(40)56-53(66)60-72(67,68)50-42-27-61-21-17-30(18-22-61)48(42)63(57-50)34-9-10-34/h8,13,16,20,24,26,30,33-35,39,44H,2-7,9-12,14-15,17-19,21-23,25,27-28H2,1H3,(H2,55,59,65)(H2,56,60,66). The summed E-state index contributed by atoms with van der Waals surface area (Å²) >= 11 is 0. The highest BCUT2D eigenvalue weighted by molar-refractivity contribution is 7.90. The lowest BCUT2D eigenvalue weighted by Crippen LogP contribution is -2.43. The molecule has 4 bridgehead atoms. The molecule has 4 N–H and O–H groups in total. The molecule has 2 saturated heterocycles. The van der Waals surface area contributed by atoms with E-state index in [1.54, 1.807) is 19.4 Å². The normalized spacial score (nSPS) is 25.5. The first-order chi connectivity index (χ1) is 35.4. The number of benzene rings is 2. The summed E-state index contributed by atoms with van der Waals surface area (Å²) in [6, 6.07) is 8.81. The minimum Gasteiger partial charge on any atom is -0.481 e. The Morgan fingerprint density at radius 2 is 1.27 bits per heavy atom. The lowest BCUT2D eigenvalue weighted by atomic mass is 9.81. The molecular weight excluding hydrogens is 967 g/mol. The van der Waals surface area contributed by atoms with Gasteiger partial charge in [-0.3, -0.25) is 19.2 Å². The first-order valence-electron chi connectivity index (χ1n) is 26.6. The Hall–Kier alpha value is -5.83. The molecular formula is C53H61N11O7S2. The molecule has 18 nitrogen and oxygen atoms in total. The molecule has 6 aliphatic heterocycles. The van der Waals surface area contributed by atoms with E-state index in [2.05, 4.69) is 47.0 Å². The number of nitrogens with zero attached hydrogens (tertiary/aromatic N) is 7. The van der Waals surface area contributed by atoms with Crippen LogP contribution < -0.4 is 24.8 Å². The van der Waals surface area contributed by atoms with E-state index >= 15 is 0 Å². The highest BCUT2D eigenvalue weighted by Gasteiger charge is 2.48. The van der Waals surface area contributed by atoms with Gasteiger partial charge >= 0.3 is 12.1 Å². The number of hydrogen-bond acceptors (Lipinski definition) is 12. The van der Waals surface area contributed by atoms with E-state index in [0.29, 0.717) is 30.2 Å². The zero-order valence-corrected chi connectivity index (χ0v) is 42.7. The number of anilines is 2. The van der Waals surface area contributed by atoms with Gasteiger partial charge in [-0.25, -0.2) is 24.0 Å². The third-order valence-electron chi connectivity index (χ3n) is 17.8. The molecule has 9 heterocycles. The Balaban J connectivity index is 0.733. The van der Waals surface area contributed by atoms with Crippen molar-refractivity contribution in [1.82, 2.24) is 43.8 Å². The summed E-state index contributed by atoms with van der Waals surface area (Å²) in [5, 5.41) is 15.6. The second-order valence-corrected chi connectivity index (χ2v) is 25.3. The van der Waals surface area contributed by atoms with Crippen LogP contribution in [0.25, 0.3) is 11.1 Å². The summed E-state index contributed by atoms with van der Waals surface area (Å²) < 4.78 is 72.0. The van der Waals surface area contributed by atoms with Crippen molar-refractivity contribution in [2.45, 2.75) is 162 Å². The van der Waals surface area contributed by atoms with E-state index in [4.69, 9.17) is 14.9 Å². The number of hydrogen-bond donors (Lipinski definition) is 4. The summed E-state index contributed by atoms with van der Waals surface area (Å²) in [7, 11) is -7.18. The minimum absolute atomic E-state index is 0.0162. The van der Waals surface area contributed by atoms with Crippen LogP contribution in [-0.2, 0) is 65.2 Å². The van der Waals surface area contributed by atoms with Gasteiger partial charge in [0.15, 0.2) is 0 Å². The van der Waals surface area contributed by atoms with Crippen LogP contribution in [0.2, 0.25) is 0 Å². The van der Waals surface area contributed by atoms with Gasteiger partial charge in [-0.2, -0.15) is 27.0 Å². The molecule has 382 valence electrons. The second kappa shape index (κ2) is 17.1. The van der Waals surface area contributed by atoms with E-state index in [9.17, 15) is 26.4 Å². The fourth-order valence-electron chi connectivity index (χ4n) is 14.2. The molecule has 4 atom stereocenters. The highest BCUT2D eigenvalue weighted by atomic mass is 32.2. The second-order valence-electron chi connectivity index (χ2n) is 22.1. The average Bonchev–Trinajstić information content (AvgIpc) is 4.21. The highest BCUT2D eigenvalue weighted by Crippen LogP contribution is 2.53. The molecule has 2 aromatic carbocycles. The third-order valence-corrected chi connectivity index (χ3v) is 20.3. The Morgan fingerprint density at radius 1 is 0.644 bits per heavy atom. The number of carbonyl (C=O) groups is 2. The molecule has 0 spiro atoms. The summed E-state index contributed by atoms with van der Waals surface area (Å²) in [6.45, 7) is 3.54. The van der Waals surface area contributed by atoms with E-state index in [1.165, 1.54) is 11.1 Å². The predicted molar refractivity (Wildman–Crippen MR) is 271 cm³/mol. The number of ether oxygens (including phenoxy) is 1. The Morgan fingerprint density at radius 3 is 1.96 bits per heavy atom. The summed E-state index contributed by atoms with van der Waals surface area (Å²) in [6.07, 6.45) is 15.9. The van der Waals surface area contributed by atoms with Crippen molar-refractivity contribution in [2.24, 2.45) is 0 Å². The molecule has 5 aliphatic carbocycles. The minimum atomic E-state index is -4.44. The SMILES string of the molecule is COc1cc(-c2ccc3c(c2NC(=O)NS(=O)(=O)c2nn(C4CC4)c4c2CN2CCC4CC2C2CCc4c2cc2c(c4NC(=O)NS(=O)(=O)c4nn(C5CC5)c5c4CN4CCC5CC4)CCC2)CCC3)ccn1. The number of amides is 4. The number of piperidine rings is 2. The number of urea groups is 2. The topological polar surface area (TPSA) is 215 Å². The maximum absolute atomic E-state index is 14.6. The molecule has 5 aromatic rings. The van der Waals surface area contributed by atoms with Crippen LogP contribution in [0.4, 0.5) is 21.0 Å². The van der Waals surface area contributed by atoms with E-state index in [1.807, 2.05) is 21.5 Å². The molecule has 4 amide bonds. The quantitative estimate of drug-likeness (QED) is 0.103. The molecule has 16 rings (SSSR count). The van der Waals surface area contributed by atoms with Gasteiger partial charge in [-0.15, -0.1) is 0 Å². The van der Waals surface area contributed by atoms with Gasteiger partial charge in [0.2, 0.25) is 15.9 Å². The monoisotopic (exact) mass is 1030 g/mol. The zero-order valence-electron chi connectivity index (χ0n) is 41.1. The zero-order chi connectivity index (χ0) is 49.5. The van der Waals surface area contributed by atoms with Crippen molar-refractivity contribution in [3.63, 3.8) is 0 Å². The summed E-state index contributed by atoms with van der Waals surface area (Å²) in [4.78, 5) is 37.2. The smallest absolute Gasteiger partial charge is 0.333 e. The van der Waals surface area contributed by atoms with Crippen molar-refractivity contribution >= 4 is 43.5 Å². The third kappa shape index (κ3) is 7.78. The molecule has 20 heteroatoms. The van der Waals surface area contributed by atoms with Crippen molar-refractivity contribution in [3.05, 3.63) is 92.4 Å². The van der Waals surface area contributed by atoms with Gasteiger partial charge in [-0.1, -0.05) is 18.2 Å². The fourth-order valence-corrected chi connectivity index (χ4v) is 16.3. The fraction of sp³-hybridized carbons (Fsp3) is 0.528. The van der Waals surface area contributed by atoms with Gasteiger partial charge in [0, 0.05) is 82.9 Å². The number of rotatable bonds is 11. The Bertz CT molecular complexity index is 3390. The number of nitrogens with one attached hydrogen (secondary N) is 4. The Kier molecular flexibility index (Phi) is 10.7. The summed E-state index contributed by atoms with van der Waals surface area (Å²) in [5.74, 6) is 0.877. The number of aromatic nitrogens is 5. The van der Waals surface area contributed by atoms with Crippen LogP contribution in [0.15, 0.2) is 46.6 Å². The maximum atomic E-state index is 14.6. The Labute approximate surface area is 425 Å². The predicted octanol–water partition coefficient (Wildman–Crippen LogP) is 7.30. The van der Waals surface area contributed by atoms with Crippen LogP contribution in [-0.4, -0.2) is 96.0 Å². The van der Waals surface area contributed by atoms with Gasteiger partial charge in [0.1, 0.15) is 0 Å². The van der Waals surface area contributed by atoms with Crippen molar-refractivity contribution in [1.29, 1.82) is 0 Å². The van der Waals surface area contributed by atoms with Crippen molar-refractivity contribution in [2.75, 3.05) is 37.4 Å². The van der Waals surface area contributed by atoms with Gasteiger partial charge < -0.3 is 15.4 Å². The maximum Gasteiger partial charge on any atom is 0.333 e. The van der Waals surface area contributed by atoms with Crippen LogP contribution in [0, 0.1) is 0 Å². The van der Waals surface area contributed by atoms with Gasteiger partial charge in [-0.05, 0) is 167 Å². The number of carbonyl (C=O) groups excluding carboxylic acids is 2. The molecule has 4 unspecified atom stereocenters. The van der Waals surface area contributed by atoms with Crippen LogP contribution >= 0.6 is 0 Å².